The van der Waals surface area contributed by atoms with E-state index in [-0.39, 0.29) is 36.0 Å². The molecule has 124 valence electrons. The number of hydrogen-bond donors (Lipinski definition) is 1. The van der Waals surface area contributed by atoms with Crippen LogP contribution in [-0.4, -0.2) is 25.1 Å². The zero-order valence-corrected chi connectivity index (χ0v) is 13.4. The molecule has 0 fully saturated rings. The molecule has 1 heterocycles. The Morgan fingerprint density at radius 1 is 1.36 bits per heavy atom. The Bertz CT molecular complexity index is 526. The molecule has 1 amide bonds. The highest BCUT2D eigenvalue weighted by Crippen LogP contribution is 2.32. The van der Waals surface area contributed by atoms with Gasteiger partial charge in [-0.25, -0.2) is 0 Å². The molecule has 1 aromatic rings. The number of alkyl halides is 2. The van der Waals surface area contributed by atoms with E-state index >= 15 is 0 Å². The molecule has 1 aliphatic heterocycles. The third-order valence-electron chi connectivity index (χ3n) is 3.84. The van der Waals surface area contributed by atoms with Crippen LogP contribution in [0, 0.1) is 5.92 Å². The Morgan fingerprint density at radius 2 is 2.05 bits per heavy atom. The van der Waals surface area contributed by atoms with Crippen molar-refractivity contribution in [1.29, 1.82) is 0 Å². The van der Waals surface area contributed by atoms with Crippen molar-refractivity contribution >= 4 is 24.0 Å². The summed E-state index contributed by atoms with van der Waals surface area (Å²) in [7, 11) is 0. The van der Waals surface area contributed by atoms with E-state index < -0.39 is 6.61 Å². The van der Waals surface area contributed by atoms with E-state index in [4.69, 9.17) is 5.73 Å². The normalized spacial score (nSPS) is 16.5. The molecule has 2 N–H and O–H groups in total. The molecule has 0 spiro atoms. The van der Waals surface area contributed by atoms with Gasteiger partial charge in [-0.1, -0.05) is 6.92 Å². The Balaban J connectivity index is 0.00000242. The summed E-state index contributed by atoms with van der Waals surface area (Å²) in [5.41, 5.74) is 7.41. The molecular formula is C15H21ClF2N2O2. The molecule has 2 atom stereocenters. The van der Waals surface area contributed by atoms with Gasteiger partial charge in [0.05, 0.1) is 5.92 Å². The van der Waals surface area contributed by atoms with Gasteiger partial charge in [-0.05, 0) is 43.5 Å². The van der Waals surface area contributed by atoms with Crippen molar-refractivity contribution < 1.29 is 18.3 Å². The fraction of sp³-hybridized carbons (Fsp3) is 0.533. The van der Waals surface area contributed by atoms with Gasteiger partial charge in [-0.2, -0.15) is 8.78 Å². The number of benzene rings is 1. The van der Waals surface area contributed by atoms with Crippen molar-refractivity contribution in [1.82, 2.24) is 0 Å². The summed E-state index contributed by atoms with van der Waals surface area (Å²) in [6.07, 6.45) is 1.54. The monoisotopic (exact) mass is 334 g/mol. The van der Waals surface area contributed by atoms with Gasteiger partial charge in [0.1, 0.15) is 5.75 Å². The number of carbonyl (C=O) groups is 1. The van der Waals surface area contributed by atoms with E-state index in [2.05, 4.69) is 4.74 Å². The lowest BCUT2D eigenvalue weighted by Gasteiger charge is -2.32. The molecule has 4 nitrogen and oxygen atoms in total. The first-order valence-corrected chi connectivity index (χ1v) is 7.05. The number of aryl methyl sites for hydroxylation is 1. The minimum Gasteiger partial charge on any atom is -0.435 e. The van der Waals surface area contributed by atoms with Crippen LogP contribution in [0.15, 0.2) is 18.2 Å². The number of nitrogens with zero attached hydrogens (tertiary/aromatic N) is 1. The minimum absolute atomic E-state index is 0. The van der Waals surface area contributed by atoms with Crippen LogP contribution in [0.5, 0.6) is 5.75 Å². The van der Waals surface area contributed by atoms with Crippen molar-refractivity contribution in [3.05, 3.63) is 23.8 Å². The van der Waals surface area contributed by atoms with E-state index in [1.54, 1.807) is 30.9 Å². The summed E-state index contributed by atoms with van der Waals surface area (Å²) >= 11 is 0. The fourth-order valence-corrected chi connectivity index (χ4v) is 2.45. The lowest BCUT2D eigenvalue weighted by atomic mass is 9.97. The van der Waals surface area contributed by atoms with Crippen molar-refractivity contribution in [3.8, 4) is 5.75 Å². The average Bonchev–Trinajstić information content (AvgIpc) is 2.44. The summed E-state index contributed by atoms with van der Waals surface area (Å²) in [6.45, 7) is 1.38. The van der Waals surface area contributed by atoms with Crippen LogP contribution in [0.4, 0.5) is 14.5 Å². The van der Waals surface area contributed by atoms with Gasteiger partial charge < -0.3 is 15.4 Å². The molecule has 1 aromatic carbocycles. The van der Waals surface area contributed by atoms with Crippen LogP contribution in [0.3, 0.4) is 0 Å². The van der Waals surface area contributed by atoms with Crippen LogP contribution in [-0.2, 0) is 11.2 Å². The topological polar surface area (TPSA) is 55.6 Å². The maximum absolute atomic E-state index is 12.5. The quantitative estimate of drug-likeness (QED) is 0.921. The number of fused-ring (bicyclic) bond motifs is 1. The van der Waals surface area contributed by atoms with Crippen LogP contribution in [0.2, 0.25) is 0 Å². The molecule has 0 aromatic heterocycles. The van der Waals surface area contributed by atoms with E-state index in [0.717, 1.165) is 24.1 Å². The lowest BCUT2D eigenvalue weighted by Crippen LogP contribution is -2.44. The number of anilines is 1. The molecule has 2 rings (SSSR count). The first kappa shape index (κ1) is 18.6. The first-order chi connectivity index (χ1) is 9.90. The maximum Gasteiger partial charge on any atom is 0.387 e. The second-order valence-electron chi connectivity index (χ2n) is 5.41. The smallest absolute Gasteiger partial charge is 0.387 e. The number of hydrogen-bond acceptors (Lipinski definition) is 3. The van der Waals surface area contributed by atoms with E-state index in [9.17, 15) is 13.6 Å². The third kappa shape index (κ3) is 4.08. The molecule has 0 aliphatic carbocycles. The second-order valence-corrected chi connectivity index (χ2v) is 5.41. The average molecular weight is 335 g/mol. The number of halogens is 3. The fourth-order valence-electron chi connectivity index (χ4n) is 2.45. The van der Waals surface area contributed by atoms with Gasteiger partial charge in [-0.3, -0.25) is 4.79 Å². The predicted octanol–water partition coefficient (Wildman–Crippen LogP) is 2.97. The third-order valence-corrected chi connectivity index (χ3v) is 3.84. The Kier molecular flexibility index (Phi) is 6.56. The van der Waals surface area contributed by atoms with Crippen LogP contribution >= 0.6 is 12.4 Å². The zero-order valence-electron chi connectivity index (χ0n) is 12.6. The predicted molar refractivity (Wildman–Crippen MR) is 83.8 cm³/mol. The number of rotatable bonds is 4. The summed E-state index contributed by atoms with van der Waals surface area (Å²) < 4.78 is 28.9. The SMILES string of the molecule is CC(N)C(C)C(=O)N1CCCc2cc(OC(F)F)ccc21.Cl. The van der Waals surface area contributed by atoms with Crippen LogP contribution < -0.4 is 15.4 Å². The highest BCUT2D eigenvalue weighted by molar-refractivity contribution is 5.96. The number of amides is 1. The van der Waals surface area contributed by atoms with Gasteiger partial charge in [0, 0.05) is 18.3 Å². The zero-order chi connectivity index (χ0) is 15.6. The molecule has 0 saturated heterocycles. The number of ether oxygens (including phenoxy) is 1. The van der Waals surface area contributed by atoms with Crippen LogP contribution in [0.1, 0.15) is 25.8 Å². The number of carbonyl (C=O) groups excluding carboxylic acids is 1. The van der Waals surface area contributed by atoms with Gasteiger partial charge in [0.15, 0.2) is 0 Å². The van der Waals surface area contributed by atoms with E-state index in [1.165, 1.54) is 6.07 Å². The van der Waals surface area contributed by atoms with Crippen molar-refractivity contribution in [2.45, 2.75) is 39.3 Å². The second kappa shape index (κ2) is 7.74. The summed E-state index contributed by atoms with van der Waals surface area (Å²) in [6, 6.07) is 4.48. The van der Waals surface area contributed by atoms with E-state index in [1.807, 2.05) is 0 Å². The standard InChI is InChI=1S/C15H20F2N2O2.ClH/c1-9(10(2)18)14(20)19-7-3-4-11-8-12(21-15(16)17)5-6-13(11)19;/h5-6,8-10,15H,3-4,7,18H2,1-2H3;1H. The summed E-state index contributed by atoms with van der Waals surface area (Å²) in [4.78, 5) is 14.2. The van der Waals surface area contributed by atoms with Crippen molar-refractivity contribution in [2.24, 2.45) is 11.7 Å². The first-order valence-electron chi connectivity index (χ1n) is 7.05. The molecule has 2 unspecified atom stereocenters. The minimum atomic E-state index is -2.84. The van der Waals surface area contributed by atoms with Crippen molar-refractivity contribution in [3.63, 3.8) is 0 Å². The molecule has 22 heavy (non-hydrogen) atoms. The Morgan fingerprint density at radius 3 is 2.64 bits per heavy atom. The number of nitrogens with two attached hydrogens (primary N) is 1. The van der Waals surface area contributed by atoms with Gasteiger partial charge >= 0.3 is 6.61 Å². The Hall–Kier alpha value is -1.40. The lowest BCUT2D eigenvalue weighted by molar-refractivity contribution is -0.122. The molecule has 0 saturated carbocycles. The largest absolute Gasteiger partial charge is 0.435 e. The summed E-state index contributed by atoms with van der Waals surface area (Å²) in [5.74, 6) is -0.195. The molecule has 0 radical (unpaired) electrons. The molecule has 1 aliphatic rings. The van der Waals surface area contributed by atoms with Crippen molar-refractivity contribution in [2.75, 3.05) is 11.4 Å². The molecule has 7 heteroatoms. The van der Waals surface area contributed by atoms with Crippen LogP contribution in [0.25, 0.3) is 0 Å². The summed E-state index contributed by atoms with van der Waals surface area (Å²) in [5, 5.41) is 0. The molecule has 0 bridgehead atoms. The van der Waals surface area contributed by atoms with E-state index in [0.29, 0.717) is 6.54 Å². The highest BCUT2D eigenvalue weighted by Gasteiger charge is 2.28. The van der Waals surface area contributed by atoms with Gasteiger partial charge in [-0.15, -0.1) is 12.4 Å². The highest BCUT2D eigenvalue weighted by atomic mass is 35.5. The van der Waals surface area contributed by atoms with Gasteiger partial charge in [0.2, 0.25) is 5.91 Å². The van der Waals surface area contributed by atoms with Gasteiger partial charge in [0.25, 0.3) is 0 Å². The Labute approximate surface area is 135 Å². The molecular weight excluding hydrogens is 314 g/mol. The maximum atomic E-state index is 12.5.